The lowest BCUT2D eigenvalue weighted by Gasteiger charge is -2.26. The van der Waals surface area contributed by atoms with Crippen LogP contribution in [-0.2, 0) is 0 Å². The highest BCUT2D eigenvalue weighted by atomic mass is 32.2. The van der Waals surface area contributed by atoms with Crippen LogP contribution in [0.4, 0.5) is 0 Å². The summed E-state index contributed by atoms with van der Waals surface area (Å²) in [6.45, 7) is 2.29. The first-order valence-corrected chi connectivity index (χ1v) is 10.7. The van der Waals surface area contributed by atoms with Crippen LogP contribution in [0, 0.1) is 5.92 Å². The standard InChI is InChI=1S/C23H26N2O2S/c1-15-8-10-16(11-9-15)24-23(26)21-22(28-18-6-4-3-5-7-18)19-13-12-17(27-2)14-20(19)25-21/h3-7,12-16,25H,8-11H2,1-2H3,(H,24,26). The average Bonchev–Trinajstić information content (AvgIpc) is 3.08. The van der Waals surface area contributed by atoms with Crippen LogP contribution in [0.15, 0.2) is 58.3 Å². The van der Waals surface area contributed by atoms with Gasteiger partial charge in [-0.3, -0.25) is 4.79 Å². The zero-order valence-corrected chi connectivity index (χ0v) is 17.1. The Morgan fingerprint density at radius 1 is 1.11 bits per heavy atom. The summed E-state index contributed by atoms with van der Waals surface area (Å²) >= 11 is 1.62. The van der Waals surface area contributed by atoms with Gasteiger partial charge in [-0.15, -0.1) is 0 Å². The molecule has 146 valence electrons. The molecule has 0 unspecified atom stereocenters. The lowest BCUT2D eigenvalue weighted by atomic mass is 9.87. The number of aromatic amines is 1. The SMILES string of the molecule is COc1ccc2c(Sc3ccccc3)c(C(=O)NC3CCC(C)CC3)[nH]c2c1. The van der Waals surface area contributed by atoms with Crippen molar-refractivity contribution in [1.82, 2.24) is 10.3 Å². The Bertz CT molecular complexity index is 959. The second-order valence-electron chi connectivity index (χ2n) is 7.59. The zero-order chi connectivity index (χ0) is 19.5. The summed E-state index contributed by atoms with van der Waals surface area (Å²) in [4.78, 5) is 18.6. The van der Waals surface area contributed by atoms with Crippen molar-refractivity contribution in [2.24, 2.45) is 5.92 Å². The minimum Gasteiger partial charge on any atom is -0.497 e. The number of hydrogen-bond donors (Lipinski definition) is 2. The van der Waals surface area contributed by atoms with Crippen molar-refractivity contribution in [3.63, 3.8) is 0 Å². The van der Waals surface area contributed by atoms with Crippen LogP contribution in [-0.4, -0.2) is 24.0 Å². The van der Waals surface area contributed by atoms with Gasteiger partial charge in [-0.25, -0.2) is 0 Å². The van der Waals surface area contributed by atoms with Gasteiger partial charge in [-0.05, 0) is 55.9 Å². The number of methoxy groups -OCH3 is 1. The number of fused-ring (bicyclic) bond motifs is 1. The van der Waals surface area contributed by atoms with Crippen molar-refractivity contribution in [1.29, 1.82) is 0 Å². The van der Waals surface area contributed by atoms with Crippen molar-refractivity contribution in [2.45, 2.75) is 48.4 Å². The molecule has 0 saturated heterocycles. The number of rotatable bonds is 5. The normalized spacial score (nSPS) is 19.5. The van der Waals surface area contributed by atoms with Crippen molar-refractivity contribution in [3.05, 3.63) is 54.2 Å². The summed E-state index contributed by atoms with van der Waals surface area (Å²) in [7, 11) is 1.65. The Labute approximate surface area is 170 Å². The second kappa shape index (κ2) is 8.31. The Morgan fingerprint density at radius 3 is 2.57 bits per heavy atom. The second-order valence-corrected chi connectivity index (χ2v) is 8.67. The lowest BCUT2D eigenvalue weighted by molar-refractivity contribution is 0.0916. The molecule has 1 saturated carbocycles. The van der Waals surface area contributed by atoms with E-state index in [0.717, 1.165) is 45.2 Å². The highest BCUT2D eigenvalue weighted by Gasteiger charge is 2.24. The van der Waals surface area contributed by atoms with Crippen LogP contribution in [0.5, 0.6) is 5.75 Å². The third-order valence-electron chi connectivity index (χ3n) is 5.50. The first-order valence-electron chi connectivity index (χ1n) is 9.87. The maximum Gasteiger partial charge on any atom is 0.269 e. The van der Waals surface area contributed by atoms with E-state index in [0.29, 0.717) is 5.69 Å². The first-order chi connectivity index (χ1) is 13.6. The summed E-state index contributed by atoms with van der Waals surface area (Å²) in [6.07, 6.45) is 4.48. The molecular formula is C23H26N2O2S. The number of H-pyrrole nitrogens is 1. The third kappa shape index (κ3) is 4.04. The van der Waals surface area contributed by atoms with Crippen LogP contribution < -0.4 is 10.1 Å². The molecule has 28 heavy (non-hydrogen) atoms. The first kappa shape index (κ1) is 18.9. The molecule has 2 aromatic carbocycles. The fourth-order valence-corrected chi connectivity index (χ4v) is 4.87. The van der Waals surface area contributed by atoms with E-state index in [9.17, 15) is 4.79 Å². The Kier molecular flexibility index (Phi) is 5.62. The van der Waals surface area contributed by atoms with Gasteiger partial charge < -0.3 is 15.0 Å². The van der Waals surface area contributed by atoms with Crippen molar-refractivity contribution < 1.29 is 9.53 Å². The minimum absolute atomic E-state index is 0.0202. The molecule has 1 aliphatic carbocycles. The van der Waals surface area contributed by atoms with Gasteiger partial charge >= 0.3 is 0 Å². The maximum atomic E-state index is 13.1. The number of aromatic nitrogens is 1. The van der Waals surface area contributed by atoms with E-state index in [1.54, 1.807) is 18.9 Å². The molecule has 0 bridgehead atoms. The number of benzene rings is 2. The molecule has 0 radical (unpaired) electrons. The summed E-state index contributed by atoms with van der Waals surface area (Å²) in [5, 5.41) is 4.30. The highest BCUT2D eigenvalue weighted by molar-refractivity contribution is 7.99. The highest BCUT2D eigenvalue weighted by Crippen LogP contribution is 2.38. The van der Waals surface area contributed by atoms with Gasteiger partial charge in [0.05, 0.1) is 17.5 Å². The number of ether oxygens (including phenoxy) is 1. The van der Waals surface area contributed by atoms with Crippen molar-refractivity contribution in [2.75, 3.05) is 7.11 Å². The number of nitrogens with one attached hydrogen (secondary N) is 2. The van der Waals surface area contributed by atoms with E-state index in [1.807, 2.05) is 36.4 Å². The molecule has 2 N–H and O–H groups in total. The minimum atomic E-state index is -0.0202. The van der Waals surface area contributed by atoms with Gasteiger partial charge in [0.2, 0.25) is 0 Å². The lowest BCUT2D eigenvalue weighted by Crippen LogP contribution is -2.37. The quantitative estimate of drug-likeness (QED) is 0.589. The van der Waals surface area contributed by atoms with E-state index in [2.05, 4.69) is 29.4 Å². The summed E-state index contributed by atoms with van der Waals surface area (Å²) in [5.74, 6) is 1.52. The Balaban J connectivity index is 1.67. The van der Waals surface area contributed by atoms with Crippen LogP contribution in [0.1, 0.15) is 43.1 Å². The zero-order valence-electron chi connectivity index (χ0n) is 16.3. The fourth-order valence-electron chi connectivity index (χ4n) is 3.81. The molecule has 3 aromatic rings. The van der Waals surface area contributed by atoms with Gasteiger partial charge in [0.15, 0.2) is 0 Å². The van der Waals surface area contributed by atoms with E-state index in [4.69, 9.17) is 4.74 Å². The van der Waals surface area contributed by atoms with Crippen molar-refractivity contribution >= 4 is 28.6 Å². The fraction of sp³-hybridized carbons (Fsp3) is 0.348. The van der Waals surface area contributed by atoms with Gasteiger partial charge in [0.25, 0.3) is 5.91 Å². The van der Waals surface area contributed by atoms with Crippen LogP contribution in [0.2, 0.25) is 0 Å². The molecule has 0 spiro atoms. The molecule has 1 heterocycles. The number of hydrogen-bond acceptors (Lipinski definition) is 3. The topological polar surface area (TPSA) is 54.1 Å². The Hall–Kier alpha value is -2.40. The number of carbonyl (C=O) groups excluding carboxylic acids is 1. The van der Waals surface area contributed by atoms with Crippen LogP contribution in [0.3, 0.4) is 0 Å². The summed E-state index contributed by atoms with van der Waals surface area (Å²) < 4.78 is 5.35. The molecule has 1 aliphatic rings. The predicted octanol–water partition coefficient (Wildman–Crippen LogP) is 5.64. The summed E-state index contributed by atoms with van der Waals surface area (Å²) in [6, 6.07) is 16.3. The van der Waals surface area contributed by atoms with E-state index in [1.165, 1.54) is 12.8 Å². The van der Waals surface area contributed by atoms with Gasteiger partial charge in [0, 0.05) is 22.4 Å². The molecule has 4 nitrogen and oxygen atoms in total. The van der Waals surface area contributed by atoms with E-state index < -0.39 is 0 Å². The van der Waals surface area contributed by atoms with Gasteiger partial charge in [0.1, 0.15) is 11.4 Å². The molecular weight excluding hydrogens is 368 g/mol. The molecule has 0 atom stereocenters. The molecule has 1 fully saturated rings. The monoisotopic (exact) mass is 394 g/mol. The van der Waals surface area contributed by atoms with Crippen LogP contribution in [0.25, 0.3) is 10.9 Å². The molecule has 4 rings (SSSR count). The average molecular weight is 395 g/mol. The molecule has 0 aliphatic heterocycles. The Morgan fingerprint density at radius 2 is 1.86 bits per heavy atom. The maximum absolute atomic E-state index is 13.1. The van der Waals surface area contributed by atoms with Gasteiger partial charge in [-0.2, -0.15) is 0 Å². The van der Waals surface area contributed by atoms with E-state index >= 15 is 0 Å². The van der Waals surface area contributed by atoms with Gasteiger partial charge in [-0.1, -0.05) is 36.9 Å². The number of carbonyl (C=O) groups is 1. The largest absolute Gasteiger partial charge is 0.497 e. The van der Waals surface area contributed by atoms with E-state index in [-0.39, 0.29) is 11.9 Å². The smallest absolute Gasteiger partial charge is 0.269 e. The molecule has 5 heteroatoms. The van der Waals surface area contributed by atoms with Crippen LogP contribution >= 0.6 is 11.8 Å². The summed E-state index contributed by atoms with van der Waals surface area (Å²) in [5.41, 5.74) is 1.55. The molecule has 1 amide bonds. The number of amides is 1. The molecule has 1 aromatic heterocycles. The third-order valence-corrected chi connectivity index (χ3v) is 6.64. The predicted molar refractivity (Wildman–Crippen MR) is 114 cm³/mol. The van der Waals surface area contributed by atoms with Crippen molar-refractivity contribution in [3.8, 4) is 5.75 Å².